The molecule has 0 bridgehead atoms. The summed E-state index contributed by atoms with van der Waals surface area (Å²) >= 11 is 1.65. The first-order valence-electron chi connectivity index (χ1n) is 6.61. The molecule has 0 saturated carbocycles. The zero-order chi connectivity index (χ0) is 13.5. The Morgan fingerprint density at radius 2 is 2.10 bits per heavy atom. The number of rotatable bonds is 2. The van der Waals surface area contributed by atoms with Crippen LogP contribution in [0.15, 0.2) is 42.0 Å². The lowest BCUT2D eigenvalue weighted by molar-refractivity contribution is 0.624. The van der Waals surface area contributed by atoms with E-state index in [1.807, 2.05) is 11.4 Å². The lowest BCUT2D eigenvalue weighted by atomic mass is 10.1. The highest BCUT2D eigenvalue weighted by molar-refractivity contribution is 7.17. The van der Waals surface area contributed by atoms with Gasteiger partial charge in [-0.1, -0.05) is 24.3 Å². The quantitative estimate of drug-likeness (QED) is 0.758. The van der Waals surface area contributed by atoms with Gasteiger partial charge >= 0.3 is 0 Å². The molecule has 5 heteroatoms. The third-order valence-corrected chi connectivity index (χ3v) is 4.72. The maximum Gasteiger partial charge on any atom is 0.147 e. The van der Waals surface area contributed by atoms with Gasteiger partial charge in [-0.2, -0.15) is 0 Å². The van der Waals surface area contributed by atoms with Crippen molar-refractivity contribution in [1.29, 1.82) is 0 Å². The van der Waals surface area contributed by atoms with Crippen LogP contribution in [-0.2, 0) is 6.42 Å². The summed E-state index contributed by atoms with van der Waals surface area (Å²) < 4.78 is 1.09. The van der Waals surface area contributed by atoms with Gasteiger partial charge in [0, 0.05) is 6.04 Å². The largest absolute Gasteiger partial charge is 0.360 e. The smallest absolute Gasteiger partial charge is 0.147 e. The highest BCUT2D eigenvalue weighted by atomic mass is 32.1. The molecule has 1 aliphatic rings. The zero-order valence-electron chi connectivity index (χ0n) is 10.8. The van der Waals surface area contributed by atoms with E-state index in [0.29, 0.717) is 0 Å². The molecule has 2 atom stereocenters. The predicted molar refractivity (Wildman–Crippen MR) is 81.9 cm³/mol. The number of aromatic nitrogens is 2. The minimum absolute atomic E-state index is 0.0809. The molecule has 20 heavy (non-hydrogen) atoms. The third-order valence-electron chi connectivity index (χ3n) is 3.81. The number of fused-ring (bicyclic) bond motifs is 2. The van der Waals surface area contributed by atoms with Crippen LogP contribution >= 0.6 is 11.3 Å². The molecule has 2 aromatic heterocycles. The monoisotopic (exact) mass is 282 g/mol. The van der Waals surface area contributed by atoms with Crippen LogP contribution < -0.4 is 11.1 Å². The van der Waals surface area contributed by atoms with E-state index in [2.05, 4.69) is 39.6 Å². The maximum absolute atomic E-state index is 6.29. The first kappa shape index (κ1) is 11.8. The molecular weight excluding hydrogens is 268 g/mol. The van der Waals surface area contributed by atoms with Crippen LogP contribution in [0.4, 0.5) is 5.82 Å². The van der Waals surface area contributed by atoms with E-state index in [9.17, 15) is 0 Å². The Morgan fingerprint density at radius 1 is 1.20 bits per heavy atom. The fourth-order valence-corrected chi connectivity index (χ4v) is 3.65. The molecule has 1 aromatic carbocycles. The van der Waals surface area contributed by atoms with Crippen LogP contribution in [0.1, 0.15) is 17.2 Å². The van der Waals surface area contributed by atoms with Gasteiger partial charge in [0.1, 0.15) is 12.1 Å². The average molecular weight is 282 g/mol. The van der Waals surface area contributed by atoms with Gasteiger partial charge in [-0.15, -0.1) is 11.3 Å². The molecule has 0 radical (unpaired) electrons. The summed E-state index contributed by atoms with van der Waals surface area (Å²) in [6.45, 7) is 0. The van der Waals surface area contributed by atoms with Crippen molar-refractivity contribution in [3.05, 3.63) is 53.2 Å². The first-order valence-corrected chi connectivity index (χ1v) is 7.49. The summed E-state index contributed by atoms with van der Waals surface area (Å²) in [6.07, 6.45) is 2.51. The van der Waals surface area contributed by atoms with E-state index in [0.717, 1.165) is 22.5 Å². The van der Waals surface area contributed by atoms with Crippen LogP contribution in [0, 0.1) is 0 Å². The van der Waals surface area contributed by atoms with Crippen molar-refractivity contribution in [1.82, 2.24) is 9.97 Å². The Balaban J connectivity index is 1.74. The molecule has 0 fully saturated rings. The molecule has 2 heterocycles. The van der Waals surface area contributed by atoms with E-state index in [-0.39, 0.29) is 12.1 Å². The third kappa shape index (κ3) is 1.78. The number of nitrogens with zero attached hydrogens (tertiary/aromatic N) is 2. The molecule has 0 spiro atoms. The summed E-state index contributed by atoms with van der Waals surface area (Å²) in [6, 6.07) is 10.6. The van der Waals surface area contributed by atoms with Gasteiger partial charge in [0.2, 0.25) is 0 Å². The second-order valence-corrected chi connectivity index (χ2v) is 5.96. The topological polar surface area (TPSA) is 63.8 Å². The molecule has 0 saturated heterocycles. The van der Waals surface area contributed by atoms with Crippen molar-refractivity contribution in [2.75, 3.05) is 5.32 Å². The van der Waals surface area contributed by atoms with Gasteiger partial charge in [-0.05, 0) is 29.0 Å². The molecule has 2 unspecified atom stereocenters. The summed E-state index contributed by atoms with van der Waals surface area (Å²) in [4.78, 5) is 8.65. The number of thiophene rings is 1. The van der Waals surface area contributed by atoms with Crippen LogP contribution in [0.25, 0.3) is 10.2 Å². The van der Waals surface area contributed by atoms with Gasteiger partial charge in [-0.3, -0.25) is 0 Å². The Hall–Kier alpha value is -1.98. The number of hydrogen-bond acceptors (Lipinski definition) is 5. The second-order valence-electron chi connectivity index (χ2n) is 5.05. The summed E-state index contributed by atoms with van der Waals surface area (Å²) in [5.41, 5.74) is 9.88. The van der Waals surface area contributed by atoms with Gasteiger partial charge in [0.05, 0.1) is 16.3 Å². The van der Waals surface area contributed by atoms with Crippen molar-refractivity contribution in [3.8, 4) is 0 Å². The van der Waals surface area contributed by atoms with Crippen LogP contribution in [0.2, 0.25) is 0 Å². The number of benzene rings is 1. The maximum atomic E-state index is 6.29. The van der Waals surface area contributed by atoms with Crippen molar-refractivity contribution in [2.24, 2.45) is 5.73 Å². The Morgan fingerprint density at radius 3 is 3.05 bits per heavy atom. The molecule has 0 amide bonds. The fourth-order valence-electron chi connectivity index (χ4n) is 2.85. The van der Waals surface area contributed by atoms with Crippen molar-refractivity contribution >= 4 is 27.4 Å². The van der Waals surface area contributed by atoms with E-state index < -0.39 is 0 Å². The van der Waals surface area contributed by atoms with Crippen molar-refractivity contribution < 1.29 is 0 Å². The molecular formula is C15H14N4S. The Kier molecular flexibility index (Phi) is 2.68. The minimum Gasteiger partial charge on any atom is -0.360 e. The molecule has 4 nitrogen and oxygen atoms in total. The highest BCUT2D eigenvalue weighted by Gasteiger charge is 2.30. The van der Waals surface area contributed by atoms with Gasteiger partial charge in [0.25, 0.3) is 0 Å². The fraction of sp³-hybridized carbons (Fsp3) is 0.200. The van der Waals surface area contributed by atoms with Crippen molar-refractivity contribution in [3.63, 3.8) is 0 Å². The number of hydrogen-bond donors (Lipinski definition) is 2. The van der Waals surface area contributed by atoms with E-state index in [1.54, 1.807) is 17.7 Å². The van der Waals surface area contributed by atoms with Crippen LogP contribution in [-0.4, -0.2) is 16.0 Å². The minimum atomic E-state index is 0.0809. The Labute approximate surface area is 120 Å². The summed E-state index contributed by atoms with van der Waals surface area (Å²) in [5.74, 6) is 0.877. The lowest BCUT2D eigenvalue weighted by Crippen LogP contribution is -2.30. The molecule has 3 N–H and O–H groups in total. The number of nitrogens with one attached hydrogen (secondary N) is 1. The molecule has 100 valence electrons. The van der Waals surface area contributed by atoms with E-state index in [1.165, 1.54) is 11.1 Å². The molecule has 3 aromatic rings. The normalized spacial score (nSPS) is 21.1. The average Bonchev–Trinajstić information content (AvgIpc) is 3.05. The second kappa shape index (κ2) is 4.54. The molecule has 4 rings (SSSR count). The van der Waals surface area contributed by atoms with Gasteiger partial charge < -0.3 is 11.1 Å². The number of anilines is 1. The molecule has 1 aliphatic carbocycles. The molecule has 0 aliphatic heterocycles. The zero-order valence-corrected chi connectivity index (χ0v) is 11.6. The van der Waals surface area contributed by atoms with Crippen molar-refractivity contribution in [2.45, 2.75) is 18.5 Å². The standard InChI is InChI=1S/C15H14N4S/c16-11-7-9-3-1-2-4-10(9)13(11)19-15-14-12(5-6-20-14)17-8-18-15/h1-6,8,11,13H,7,16H2,(H,17,18,19). The van der Waals surface area contributed by atoms with Crippen LogP contribution in [0.3, 0.4) is 0 Å². The first-order chi connectivity index (χ1) is 9.83. The predicted octanol–water partition coefficient (Wildman–Crippen LogP) is 2.73. The highest BCUT2D eigenvalue weighted by Crippen LogP contribution is 2.35. The van der Waals surface area contributed by atoms with Gasteiger partial charge in [0.15, 0.2) is 0 Å². The summed E-state index contributed by atoms with van der Waals surface area (Å²) in [5, 5.41) is 5.55. The lowest BCUT2D eigenvalue weighted by Gasteiger charge is -2.19. The van der Waals surface area contributed by atoms with E-state index in [4.69, 9.17) is 5.73 Å². The SMILES string of the molecule is NC1Cc2ccccc2C1Nc1ncnc2ccsc12. The Bertz CT molecular complexity index is 767. The van der Waals surface area contributed by atoms with E-state index >= 15 is 0 Å². The number of nitrogens with two attached hydrogens (primary N) is 1. The summed E-state index contributed by atoms with van der Waals surface area (Å²) in [7, 11) is 0. The van der Waals surface area contributed by atoms with Gasteiger partial charge in [-0.25, -0.2) is 9.97 Å². The van der Waals surface area contributed by atoms with Crippen LogP contribution in [0.5, 0.6) is 0 Å².